The molecular weight excluding hydrogens is 666 g/mol. The SMILES string of the molecule is CC(C)c1cccc(C(C)C)c1N=Cc1cccc[c]1[Sb]([C]1=C=CC=C1)[c]1ccccc1C=Nc1c(C(C)C)cccc1C(C)C. The zero-order chi connectivity index (χ0) is 32.8. The molecule has 1 aliphatic carbocycles. The Kier molecular flexibility index (Phi) is 11.2. The summed E-state index contributed by atoms with van der Waals surface area (Å²) in [7, 11) is 0. The molecule has 0 aromatic heterocycles. The minimum absolute atomic E-state index is 0.397. The summed E-state index contributed by atoms with van der Waals surface area (Å²) >= 11 is -2.57. The van der Waals surface area contributed by atoms with Crippen LogP contribution in [0.25, 0.3) is 0 Å². The number of allylic oxidation sites excluding steroid dienone is 3. The van der Waals surface area contributed by atoms with Gasteiger partial charge in [0.05, 0.1) is 0 Å². The van der Waals surface area contributed by atoms with Gasteiger partial charge in [-0.1, -0.05) is 0 Å². The Labute approximate surface area is 284 Å². The van der Waals surface area contributed by atoms with E-state index >= 15 is 0 Å². The molecule has 0 aliphatic heterocycles. The molecule has 4 aromatic carbocycles. The normalized spacial score (nSPS) is 13.2. The third-order valence-corrected chi connectivity index (χ3v) is 15.8. The van der Waals surface area contributed by atoms with Gasteiger partial charge >= 0.3 is 286 Å². The molecule has 0 atom stereocenters. The Morgan fingerprint density at radius 3 is 1.26 bits per heavy atom. The van der Waals surface area contributed by atoms with Crippen molar-refractivity contribution in [1.82, 2.24) is 0 Å². The molecule has 5 rings (SSSR count). The molecule has 0 saturated heterocycles. The number of hydrogen-bond donors (Lipinski definition) is 0. The van der Waals surface area contributed by atoms with Crippen LogP contribution in [0.3, 0.4) is 0 Å². The first kappa shape index (κ1) is 33.7. The second-order valence-corrected chi connectivity index (χ2v) is 19.3. The van der Waals surface area contributed by atoms with Crippen LogP contribution in [-0.4, -0.2) is 32.6 Å². The predicted octanol–water partition coefficient (Wildman–Crippen LogP) is 10.5. The van der Waals surface area contributed by atoms with E-state index in [0.29, 0.717) is 23.7 Å². The molecule has 46 heavy (non-hydrogen) atoms. The van der Waals surface area contributed by atoms with Gasteiger partial charge in [-0.2, -0.15) is 0 Å². The van der Waals surface area contributed by atoms with Gasteiger partial charge in [-0.05, 0) is 0 Å². The van der Waals surface area contributed by atoms with E-state index in [-0.39, 0.29) is 0 Å². The third kappa shape index (κ3) is 7.47. The van der Waals surface area contributed by atoms with Crippen molar-refractivity contribution < 1.29 is 0 Å². The van der Waals surface area contributed by atoms with Crippen molar-refractivity contribution >= 4 is 51.0 Å². The van der Waals surface area contributed by atoms with Gasteiger partial charge in [-0.3, -0.25) is 0 Å². The number of rotatable bonds is 11. The van der Waals surface area contributed by atoms with E-state index in [1.165, 1.54) is 43.9 Å². The van der Waals surface area contributed by atoms with E-state index < -0.39 is 20.2 Å². The van der Waals surface area contributed by atoms with Crippen LogP contribution in [0.5, 0.6) is 0 Å². The molecule has 0 spiro atoms. The number of nitrogens with zero attached hydrogens (tertiary/aromatic N) is 2. The van der Waals surface area contributed by atoms with E-state index in [1.54, 1.807) is 0 Å². The van der Waals surface area contributed by atoms with Gasteiger partial charge in [-0.15, -0.1) is 0 Å². The molecule has 3 heteroatoms. The third-order valence-electron chi connectivity index (χ3n) is 8.53. The second kappa shape index (κ2) is 15.3. The second-order valence-electron chi connectivity index (χ2n) is 13.2. The van der Waals surface area contributed by atoms with Crippen LogP contribution in [0, 0.1) is 0 Å². The standard InChI is InChI=1S/2C19H22N.C5H3.Sb/c2*1-14(2)17-11-8-12-18(15(3)4)19(17)20-13-16-9-6-5-7-10-16;1-2-4-5-3-1;/h2*5-9,11-15H,1-4H3;1-3H;. The Hall–Kier alpha value is -3.70. The monoisotopic (exact) mass is 712 g/mol. The fourth-order valence-electron chi connectivity index (χ4n) is 6.04. The molecule has 1 aliphatic rings. The molecule has 234 valence electrons. The zero-order valence-electron chi connectivity index (χ0n) is 28.6. The molecular formula is C43H47N2Sb. The average molecular weight is 714 g/mol. The van der Waals surface area contributed by atoms with Gasteiger partial charge in [0.2, 0.25) is 0 Å². The van der Waals surface area contributed by atoms with Gasteiger partial charge in [0.1, 0.15) is 0 Å². The summed E-state index contributed by atoms with van der Waals surface area (Å²) in [5.41, 5.74) is 13.4. The first-order valence-electron chi connectivity index (χ1n) is 16.6. The minimum atomic E-state index is -2.57. The van der Waals surface area contributed by atoms with Crippen molar-refractivity contribution in [3.63, 3.8) is 0 Å². The molecule has 0 amide bonds. The molecule has 0 unspecified atom stereocenters. The van der Waals surface area contributed by atoms with Gasteiger partial charge in [0, 0.05) is 0 Å². The van der Waals surface area contributed by atoms with Crippen LogP contribution in [0.4, 0.5) is 11.4 Å². The van der Waals surface area contributed by atoms with Crippen molar-refractivity contribution in [3.05, 3.63) is 146 Å². The maximum atomic E-state index is 5.26. The number of para-hydroxylation sites is 2. The zero-order valence-corrected chi connectivity index (χ0v) is 31.2. The summed E-state index contributed by atoms with van der Waals surface area (Å²) in [6, 6.07) is 31.0. The summed E-state index contributed by atoms with van der Waals surface area (Å²) in [6.45, 7) is 18.0. The van der Waals surface area contributed by atoms with Crippen molar-refractivity contribution in [3.8, 4) is 0 Å². The Balaban J connectivity index is 1.65. The van der Waals surface area contributed by atoms with Gasteiger partial charge in [0.25, 0.3) is 0 Å². The molecule has 0 bridgehead atoms. The molecule has 0 saturated carbocycles. The molecule has 0 N–H and O–H groups in total. The van der Waals surface area contributed by atoms with Crippen LogP contribution < -0.4 is 7.02 Å². The molecule has 0 radical (unpaired) electrons. The van der Waals surface area contributed by atoms with E-state index in [9.17, 15) is 0 Å². The van der Waals surface area contributed by atoms with Crippen LogP contribution >= 0.6 is 0 Å². The molecule has 2 nitrogen and oxygen atoms in total. The summed E-state index contributed by atoms with van der Waals surface area (Å²) < 4.78 is 4.09. The first-order chi connectivity index (χ1) is 22.2. The van der Waals surface area contributed by atoms with Crippen molar-refractivity contribution in [2.24, 2.45) is 9.98 Å². The van der Waals surface area contributed by atoms with Crippen molar-refractivity contribution in [2.75, 3.05) is 0 Å². The van der Waals surface area contributed by atoms with Crippen LogP contribution in [0.2, 0.25) is 0 Å². The number of benzene rings is 4. The maximum absolute atomic E-state index is 5.26. The topological polar surface area (TPSA) is 24.7 Å². The fourth-order valence-corrected chi connectivity index (χ4v) is 13.1. The summed E-state index contributed by atoms with van der Waals surface area (Å²) in [5, 5.41) is 0. The molecule has 0 heterocycles. The fraction of sp³-hybridized carbons (Fsp3) is 0.279. The quantitative estimate of drug-likeness (QED) is 0.0840. The van der Waals surface area contributed by atoms with Gasteiger partial charge in [-0.25, -0.2) is 0 Å². The van der Waals surface area contributed by atoms with E-state index in [2.05, 4.69) is 177 Å². The van der Waals surface area contributed by atoms with E-state index in [4.69, 9.17) is 9.98 Å². The predicted molar refractivity (Wildman–Crippen MR) is 202 cm³/mol. The molecule has 0 fully saturated rings. The van der Waals surface area contributed by atoms with Gasteiger partial charge in [0.15, 0.2) is 0 Å². The Bertz CT molecular complexity index is 1680. The summed E-state index contributed by atoms with van der Waals surface area (Å²) in [4.78, 5) is 10.5. The first-order valence-corrected chi connectivity index (χ1v) is 20.5. The van der Waals surface area contributed by atoms with Crippen LogP contribution in [0.1, 0.15) is 112 Å². The van der Waals surface area contributed by atoms with Crippen LogP contribution in [0.15, 0.2) is 122 Å². The van der Waals surface area contributed by atoms with Crippen molar-refractivity contribution in [2.45, 2.75) is 79.1 Å². The summed E-state index contributed by atoms with van der Waals surface area (Å²) in [5.74, 6) is 1.59. The Morgan fingerprint density at radius 2 is 0.913 bits per heavy atom. The van der Waals surface area contributed by atoms with E-state index in [0.717, 1.165) is 11.4 Å². The molecule has 4 aromatic rings. The Morgan fingerprint density at radius 1 is 0.522 bits per heavy atom. The average Bonchev–Trinajstić information content (AvgIpc) is 3.58. The van der Waals surface area contributed by atoms with Crippen LogP contribution in [-0.2, 0) is 0 Å². The number of hydrogen-bond acceptors (Lipinski definition) is 2. The van der Waals surface area contributed by atoms with E-state index in [1.807, 2.05) is 0 Å². The number of aliphatic imine (C=N–C) groups is 2. The van der Waals surface area contributed by atoms with Gasteiger partial charge < -0.3 is 0 Å². The summed E-state index contributed by atoms with van der Waals surface area (Å²) in [6.07, 6.45) is 10.7. The van der Waals surface area contributed by atoms with Crippen molar-refractivity contribution in [1.29, 1.82) is 0 Å².